The van der Waals surface area contributed by atoms with E-state index in [0.717, 1.165) is 44.0 Å². The summed E-state index contributed by atoms with van der Waals surface area (Å²) in [5, 5.41) is 15.7. The number of amides is 1. The first kappa shape index (κ1) is 26.1. The lowest BCUT2D eigenvalue weighted by atomic mass is 9.69. The van der Waals surface area contributed by atoms with Gasteiger partial charge in [0.2, 0.25) is 5.91 Å². The van der Waals surface area contributed by atoms with Crippen molar-refractivity contribution in [3.05, 3.63) is 65.0 Å². The van der Waals surface area contributed by atoms with Gasteiger partial charge >= 0.3 is 12.1 Å². The minimum absolute atomic E-state index is 0.301. The van der Waals surface area contributed by atoms with Crippen molar-refractivity contribution < 1.29 is 32.3 Å². The second-order valence-corrected chi connectivity index (χ2v) is 9.83. The van der Waals surface area contributed by atoms with Crippen LogP contribution in [-0.2, 0) is 22.2 Å². The summed E-state index contributed by atoms with van der Waals surface area (Å²) >= 11 is 0. The molecule has 0 unspecified atom stereocenters. The van der Waals surface area contributed by atoms with E-state index in [-0.39, 0.29) is 0 Å². The summed E-state index contributed by atoms with van der Waals surface area (Å²) in [6.45, 7) is 2.04. The molecule has 1 aliphatic carbocycles. The normalized spacial score (nSPS) is 23.3. The second kappa shape index (κ2) is 11.0. The minimum atomic E-state index is -4.71. The molecule has 1 aliphatic heterocycles. The molecule has 0 aromatic heterocycles. The summed E-state index contributed by atoms with van der Waals surface area (Å²) < 4.78 is 52.7. The molecule has 0 spiro atoms. The molecule has 2 aromatic rings. The molecule has 0 bridgehead atoms. The molecule has 2 fully saturated rings. The van der Waals surface area contributed by atoms with Crippen LogP contribution in [0, 0.1) is 23.6 Å². The van der Waals surface area contributed by atoms with Crippen LogP contribution in [0.25, 0.3) is 0 Å². The molecule has 5 nitrogen and oxygen atoms in total. The molecule has 3 atom stereocenters. The van der Waals surface area contributed by atoms with Crippen LogP contribution in [-0.4, -0.2) is 30.1 Å². The Morgan fingerprint density at radius 1 is 1.00 bits per heavy atom. The predicted molar refractivity (Wildman–Crippen MR) is 127 cm³/mol. The first-order chi connectivity index (χ1) is 17.1. The van der Waals surface area contributed by atoms with E-state index in [1.165, 1.54) is 5.56 Å². The molecule has 194 valence electrons. The zero-order valence-corrected chi connectivity index (χ0v) is 19.8. The minimum Gasteiger partial charge on any atom is -0.481 e. The SMILES string of the molecule is O=C(O)[C@@H]1[C@@H](c2ccc(CC3CCNCC3)cc2)CCC[C@H]1C(=O)Nc1ccc(C(F)(F)F)cc1F. The number of alkyl halides is 3. The third-order valence-corrected chi connectivity index (χ3v) is 7.46. The molecular formula is C27H30F4N2O3. The summed E-state index contributed by atoms with van der Waals surface area (Å²) in [5.74, 6) is -4.76. The fraction of sp³-hybridized carbons (Fsp3) is 0.481. The lowest BCUT2D eigenvalue weighted by molar-refractivity contribution is -0.148. The summed E-state index contributed by atoms with van der Waals surface area (Å²) in [6, 6.07) is 9.78. The Labute approximate surface area is 207 Å². The van der Waals surface area contributed by atoms with E-state index in [0.29, 0.717) is 37.3 Å². The second-order valence-electron chi connectivity index (χ2n) is 9.83. The molecule has 1 saturated heterocycles. The number of carboxylic acids is 1. The van der Waals surface area contributed by atoms with E-state index >= 15 is 0 Å². The van der Waals surface area contributed by atoms with Crippen LogP contribution in [0.1, 0.15) is 54.7 Å². The lowest BCUT2D eigenvalue weighted by Gasteiger charge is -2.35. The van der Waals surface area contributed by atoms with Crippen molar-refractivity contribution in [1.82, 2.24) is 5.32 Å². The van der Waals surface area contributed by atoms with Gasteiger partial charge in [0.1, 0.15) is 5.82 Å². The smallest absolute Gasteiger partial charge is 0.416 e. The highest BCUT2D eigenvalue weighted by Crippen LogP contribution is 2.42. The fourth-order valence-corrected chi connectivity index (χ4v) is 5.55. The number of halogens is 4. The van der Waals surface area contributed by atoms with Gasteiger partial charge in [-0.15, -0.1) is 0 Å². The maximum absolute atomic E-state index is 14.3. The van der Waals surface area contributed by atoms with Crippen molar-refractivity contribution >= 4 is 17.6 Å². The van der Waals surface area contributed by atoms with Gasteiger partial charge in [0.25, 0.3) is 0 Å². The third-order valence-electron chi connectivity index (χ3n) is 7.46. The summed E-state index contributed by atoms with van der Waals surface area (Å²) in [6.07, 6.45) is 0.0248. The van der Waals surface area contributed by atoms with Crippen molar-refractivity contribution in [3.8, 4) is 0 Å². The first-order valence-corrected chi connectivity index (χ1v) is 12.3. The van der Waals surface area contributed by atoms with Gasteiger partial charge in [-0.05, 0) is 86.4 Å². The zero-order valence-electron chi connectivity index (χ0n) is 19.8. The highest BCUT2D eigenvalue weighted by molar-refractivity contribution is 5.95. The Morgan fingerprint density at radius 3 is 2.31 bits per heavy atom. The number of piperidine rings is 1. The average molecular weight is 507 g/mol. The summed E-state index contributed by atoms with van der Waals surface area (Å²) in [4.78, 5) is 25.3. The standard InChI is InChI=1S/C27H30F4N2O3/c28-22-15-19(27(29,30)31)8-9-23(22)33-25(34)21-3-1-2-20(24(21)26(35)36)18-6-4-16(5-7-18)14-17-10-12-32-13-11-17/h4-9,15,17,20-21,24,32H,1-3,10-14H2,(H,33,34)(H,35,36)/t20-,21-,24-/m1/s1. The van der Waals surface area contributed by atoms with Gasteiger partial charge in [0.15, 0.2) is 0 Å². The molecular weight excluding hydrogens is 476 g/mol. The number of carbonyl (C=O) groups is 2. The van der Waals surface area contributed by atoms with E-state index < -0.39 is 52.9 Å². The highest BCUT2D eigenvalue weighted by Gasteiger charge is 2.43. The maximum atomic E-state index is 14.3. The topological polar surface area (TPSA) is 78.4 Å². The van der Waals surface area contributed by atoms with E-state index in [1.807, 2.05) is 24.3 Å². The van der Waals surface area contributed by atoms with Gasteiger partial charge < -0.3 is 15.7 Å². The van der Waals surface area contributed by atoms with Gasteiger partial charge in [-0.25, -0.2) is 4.39 Å². The van der Waals surface area contributed by atoms with Gasteiger partial charge in [0.05, 0.1) is 23.1 Å². The number of anilines is 1. The van der Waals surface area contributed by atoms with E-state index in [1.54, 1.807) is 0 Å². The Hall–Kier alpha value is -2.94. The van der Waals surface area contributed by atoms with Crippen LogP contribution in [0.3, 0.4) is 0 Å². The van der Waals surface area contributed by atoms with Crippen molar-refractivity contribution in [1.29, 1.82) is 0 Å². The Morgan fingerprint density at radius 2 is 1.69 bits per heavy atom. The lowest BCUT2D eigenvalue weighted by Crippen LogP contribution is -2.40. The van der Waals surface area contributed by atoms with Crippen molar-refractivity contribution in [2.24, 2.45) is 17.8 Å². The van der Waals surface area contributed by atoms with Gasteiger partial charge in [-0.3, -0.25) is 9.59 Å². The van der Waals surface area contributed by atoms with Gasteiger partial charge in [-0.2, -0.15) is 13.2 Å². The number of carboxylic acid groups (broad SMARTS) is 1. The molecule has 9 heteroatoms. The molecule has 2 aliphatic rings. The summed E-state index contributed by atoms with van der Waals surface area (Å²) in [7, 11) is 0. The Bertz CT molecular complexity index is 1080. The molecule has 3 N–H and O–H groups in total. The number of hydrogen-bond acceptors (Lipinski definition) is 3. The molecule has 0 radical (unpaired) electrons. The zero-order chi connectivity index (χ0) is 25.9. The molecule has 1 heterocycles. The van der Waals surface area contributed by atoms with E-state index in [2.05, 4.69) is 10.6 Å². The number of hydrogen-bond donors (Lipinski definition) is 3. The van der Waals surface area contributed by atoms with Crippen LogP contribution < -0.4 is 10.6 Å². The Balaban J connectivity index is 1.48. The Kier molecular flexibility index (Phi) is 7.97. The van der Waals surface area contributed by atoms with Crippen molar-refractivity contribution in [2.45, 2.75) is 50.6 Å². The third kappa shape index (κ3) is 6.06. The van der Waals surface area contributed by atoms with Crippen LogP contribution in [0.15, 0.2) is 42.5 Å². The number of aliphatic carboxylic acids is 1. The van der Waals surface area contributed by atoms with Crippen molar-refractivity contribution in [3.63, 3.8) is 0 Å². The molecule has 1 saturated carbocycles. The first-order valence-electron chi connectivity index (χ1n) is 12.3. The fourth-order valence-electron chi connectivity index (χ4n) is 5.55. The monoisotopic (exact) mass is 506 g/mol. The molecule has 36 heavy (non-hydrogen) atoms. The summed E-state index contributed by atoms with van der Waals surface area (Å²) in [5.41, 5.74) is 0.472. The van der Waals surface area contributed by atoms with E-state index in [9.17, 15) is 32.3 Å². The molecule has 2 aromatic carbocycles. The highest BCUT2D eigenvalue weighted by atomic mass is 19.4. The van der Waals surface area contributed by atoms with Crippen LogP contribution >= 0.6 is 0 Å². The van der Waals surface area contributed by atoms with Crippen LogP contribution in [0.5, 0.6) is 0 Å². The van der Waals surface area contributed by atoms with Gasteiger partial charge in [-0.1, -0.05) is 30.7 Å². The van der Waals surface area contributed by atoms with Crippen LogP contribution in [0.2, 0.25) is 0 Å². The number of carbonyl (C=O) groups excluding carboxylic acids is 1. The van der Waals surface area contributed by atoms with E-state index in [4.69, 9.17) is 0 Å². The number of benzene rings is 2. The molecule has 4 rings (SSSR count). The number of rotatable bonds is 6. The quantitative estimate of drug-likeness (QED) is 0.445. The molecule has 1 amide bonds. The van der Waals surface area contributed by atoms with Crippen LogP contribution in [0.4, 0.5) is 23.2 Å². The predicted octanol–water partition coefficient (Wildman–Crippen LogP) is 5.61. The maximum Gasteiger partial charge on any atom is 0.416 e. The number of nitrogens with one attached hydrogen (secondary N) is 2. The average Bonchev–Trinajstić information content (AvgIpc) is 2.85. The van der Waals surface area contributed by atoms with Crippen molar-refractivity contribution in [2.75, 3.05) is 18.4 Å². The largest absolute Gasteiger partial charge is 0.481 e. The van der Waals surface area contributed by atoms with Gasteiger partial charge in [0, 0.05) is 0 Å².